The summed E-state index contributed by atoms with van der Waals surface area (Å²) in [6, 6.07) is 2.86. The Morgan fingerprint density at radius 2 is 1.93 bits per heavy atom. The van der Waals surface area contributed by atoms with Gasteiger partial charge in [0.05, 0.1) is 12.1 Å². The van der Waals surface area contributed by atoms with Crippen LogP contribution in [0.5, 0.6) is 0 Å². The lowest BCUT2D eigenvalue weighted by Crippen LogP contribution is -2.28. The van der Waals surface area contributed by atoms with Gasteiger partial charge in [0.15, 0.2) is 11.6 Å². The van der Waals surface area contributed by atoms with Crippen LogP contribution in [-0.2, 0) is 0 Å². The van der Waals surface area contributed by atoms with Gasteiger partial charge in [0.2, 0.25) is 0 Å². The summed E-state index contributed by atoms with van der Waals surface area (Å²) in [5.74, 6) is -1.61. The molecule has 1 saturated carbocycles. The normalized spacial score (nSPS) is 20.0. The van der Waals surface area contributed by atoms with Crippen molar-refractivity contribution in [1.82, 2.24) is 0 Å². The van der Waals surface area contributed by atoms with E-state index in [0.29, 0.717) is 5.56 Å². The maximum Gasteiger partial charge on any atom is 0.159 e. The summed E-state index contributed by atoms with van der Waals surface area (Å²) in [6.45, 7) is 0. The first-order valence-corrected chi connectivity index (χ1v) is 4.98. The molecule has 1 aliphatic rings. The highest BCUT2D eigenvalue weighted by molar-refractivity contribution is 5.22. The highest BCUT2D eigenvalue weighted by Gasteiger charge is 2.34. The van der Waals surface area contributed by atoms with Crippen LogP contribution in [-0.4, -0.2) is 11.2 Å². The van der Waals surface area contributed by atoms with Gasteiger partial charge in [-0.2, -0.15) is 0 Å². The number of hydrogen-bond acceptors (Lipinski definition) is 2. The van der Waals surface area contributed by atoms with Crippen molar-refractivity contribution in [3.05, 3.63) is 35.4 Å². The summed E-state index contributed by atoms with van der Waals surface area (Å²) in [7, 11) is 0. The molecule has 82 valence electrons. The molecule has 4 heteroatoms. The number of benzene rings is 1. The molecule has 0 spiro atoms. The lowest BCUT2D eigenvalue weighted by atomic mass is 9.99. The van der Waals surface area contributed by atoms with Gasteiger partial charge in [-0.3, -0.25) is 0 Å². The molecule has 0 radical (unpaired) electrons. The van der Waals surface area contributed by atoms with Gasteiger partial charge in [0.25, 0.3) is 0 Å². The fourth-order valence-electron chi connectivity index (χ4n) is 1.65. The second-order valence-electron chi connectivity index (χ2n) is 4.03. The average Bonchev–Trinajstić information content (AvgIpc) is 3.03. The molecule has 0 aliphatic heterocycles. The summed E-state index contributed by atoms with van der Waals surface area (Å²) in [6.07, 6.45) is 1.26. The molecule has 1 aliphatic carbocycles. The molecule has 0 amide bonds. The predicted octanol–water partition coefficient (Wildman–Crippen LogP) is 1.74. The monoisotopic (exact) mass is 213 g/mol. The van der Waals surface area contributed by atoms with Crippen molar-refractivity contribution in [2.75, 3.05) is 0 Å². The summed E-state index contributed by atoms with van der Waals surface area (Å²) in [5.41, 5.74) is 6.20. The van der Waals surface area contributed by atoms with E-state index in [-0.39, 0.29) is 5.92 Å². The van der Waals surface area contributed by atoms with Crippen LogP contribution in [0, 0.1) is 17.6 Å². The third-order valence-corrected chi connectivity index (χ3v) is 2.80. The first-order chi connectivity index (χ1) is 7.09. The van der Waals surface area contributed by atoms with E-state index >= 15 is 0 Å². The number of hydrogen-bond donors (Lipinski definition) is 2. The van der Waals surface area contributed by atoms with E-state index in [9.17, 15) is 13.9 Å². The molecule has 2 nitrogen and oxygen atoms in total. The molecule has 2 atom stereocenters. The number of aliphatic hydroxyl groups excluding tert-OH is 1. The Balaban J connectivity index is 2.17. The molecule has 0 saturated heterocycles. The van der Waals surface area contributed by atoms with E-state index in [0.717, 1.165) is 25.0 Å². The Kier molecular flexibility index (Phi) is 2.71. The van der Waals surface area contributed by atoms with Crippen LogP contribution >= 0.6 is 0 Å². The second kappa shape index (κ2) is 3.87. The Morgan fingerprint density at radius 3 is 2.47 bits per heavy atom. The molecule has 3 N–H and O–H groups in total. The maximum absolute atomic E-state index is 12.9. The summed E-state index contributed by atoms with van der Waals surface area (Å²) < 4.78 is 25.6. The van der Waals surface area contributed by atoms with Gasteiger partial charge in [-0.1, -0.05) is 6.07 Å². The van der Waals surface area contributed by atoms with Crippen LogP contribution in [0.1, 0.15) is 24.4 Å². The first-order valence-electron chi connectivity index (χ1n) is 4.98. The number of aliphatic hydroxyl groups is 1. The van der Waals surface area contributed by atoms with E-state index in [4.69, 9.17) is 5.73 Å². The van der Waals surface area contributed by atoms with Crippen LogP contribution in [0.3, 0.4) is 0 Å². The van der Waals surface area contributed by atoms with E-state index in [1.165, 1.54) is 6.07 Å². The quantitative estimate of drug-likeness (QED) is 0.803. The molecule has 15 heavy (non-hydrogen) atoms. The van der Waals surface area contributed by atoms with Crippen molar-refractivity contribution in [2.45, 2.75) is 25.0 Å². The summed E-state index contributed by atoms with van der Waals surface area (Å²) >= 11 is 0. The second-order valence-corrected chi connectivity index (χ2v) is 4.03. The van der Waals surface area contributed by atoms with Crippen molar-refractivity contribution in [3.8, 4) is 0 Å². The van der Waals surface area contributed by atoms with Crippen molar-refractivity contribution in [3.63, 3.8) is 0 Å². The SMILES string of the molecule is N[C@H](c1ccc(F)c(F)c1)[C@@H](O)C1CC1. The van der Waals surface area contributed by atoms with E-state index < -0.39 is 23.8 Å². The largest absolute Gasteiger partial charge is 0.391 e. The number of nitrogens with two attached hydrogens (primary N) is 1. The molecule has 1 aromatic rings. The zero-order valence-corrected chi connectivity index (χ0v) is 8.16. The molecule has 0 bridgehead atoms. The van der Waals surface area contributed by atoms with Gasteiger partial charge in [0.1, 0.15) is 0 Å². The molecule has 2 rings (SSSR count). The van der Waals surface area contributed by atoms with E-state index in [1.54, 1.807) is 0 Å². The minimum atomic E-state index is -0.925. The van der Waals surface area contributed by atoms with Crippen molar-refractivity contribution >= 4 is 0 Å². The fraction of sp³-hybridized carbons (Fsp3) is 0.455. The van der Waals surface area contributed by atoms with Gasteiger partial charge >= 0.3 is 0 Å². The van der Waals surface area contributed by atoms with Gasteiger partial charge in [-0.25, -0.2) is 8.78 Å². The highest BCUT2D eigenvalue weighted by atomic mass is 19.2. The van der Waals surface area contributed by atoms with Gasteiger partial charge in [-0.15, -0.1) is 0 Å². The average molecular weight is 213 g/mol. The number of rotatable bonds is 3. The topological polar surface area (TPSA) is 46.2 Å². The van der Waals surface area contributed by atoms with Crippen LogP contribution in [0.2, 0.25) is 0 Å². The Morgan fingerprint density at radius 1 is 1.27 bits per heavy atom. The van der Waals surface area contributed by atoms with Crippen LogP contribution in [0.15, 0.2) is 18.2 Å². The van der Waals surface area contributed by atoms with Crippen LogP contribution < -0.4 is 5.73 Å². The molecule has 0 unspecified atom stereocenters. The first kappa shape index (κ1) is 10.5. The lowest BCUT2D eigenvalue weighted by Gasteiger charge is -2.18. The zero-order valence-electron chi connectivity index (χ0n) is 8.16. The molecular weight excluding hydrogens is 200 g/mol. The minimum Gasteiger partial charge on any atom is -0.391 e. The highest BCUT2D eigenvalue weighted by Crippen LogP contribution is 2.37. The van der Waals surface area contributed by atoms with Gasteiger partial charge in [0, 0.05) is 0 Å². The molecule has 0 heterocycles. The van der Waals surface area contributed by atoms with Crippen molar-refractivity contribution in [2.24, 2.45) is 11.7 Å². The fourth-order valence-corrected chi connectivity index (χ4v) is 1.65. The predicted molar refractivity (Wildman–Crippen MR) is 52.0 cm³/mol. The Labute approximate surface area is 86.7 Å². The number of halogens is 2. The summed E-state index contributed by atoms with van der Waals surface area (Å²) in [5, 5.41) is 9.73. The van der Waals surface area contributed by atoms with Crippen LogP contribution in [0.4, 0.5) is 8.78 Å². The van der Waals surface area contributed by atoms with Crippen LogP contribution in [0.25, 0.3) is 0 Å². The van der Waals surface area contributed by atoms with Gasteiger partial charge < -0.3 is 10.8 Å². The molecule has 1 fully saturated rings. The third-order valence-electron chi connectivity index (χ3n) is 2.80. The molecule has 0 aromatic heterocycles. The third kappa shape index (κ3) is 2.16. The standard InChI is InChI=1S/C11H13F2NO/c12-8-4-3-7(5-9(8)13)10(14)11(15)6-1-2-6/h3-6,10-11,15H,1-2,14H2/t10-,11+/m1/s1. The van der Waals surface area contributed by atoms with E-state index in [1.807, 2.05) is 0 Å². The van der Waals surface area contributed by atoms with Crippen molar-refractivity contribution in [1.29, 1.82) is 0 Å². The van der Waals surface area contributed by atoms with Gasteiger partial charge in [-0.05, 0) is 36.5 Å². The lowest BCUT2D eigenvalue weighted by molar-refractivity contribution is 0.122. The minimum absolute atomic E-state index is 0.216. The van der Waals surface area contributed by atoms with E-state index in [2.05, 4.69) is 0 Å². The Bertz CT molecular complexity index is 366. The molecular formula is C11H13F2NO. The summed E-state index contributed by atoms with van der Waals surface area (Å²) in [4.78, 5) is 0. The zero-order chi connectivity index (χ0) is 11.0. The maximum atomic E-state index is 12.9. The van der Waals surface area contributed by atoms with Crippen molar-refractivity contribution < 1.29 is 13.9 Å². The Hall–Kier alpha value is -1.00. The smallest absolute Gasteiger partial charge is 0.159 e. The molecule has 1 aromatic carbocycles.